The van der Waals surface area contributed by atoms with Crippen LogP contribution in [-0.4, -0.2) is 40.2 Å². The fraction of sp³-hybridized carbons (Fsp3) is 0.286. The Morgan fingerprint density at radius 3 is 2.66 bits per heavy atom. The molecule has 11 heteroatoms. The highest BCUT2D eigenvalue weighted by molar-refractivity contribution is 7.20. The molecule has 1 atom stereocenters. The van der Waals surface area contributed by atoms with Crippen molar-refractivity contribution < 1.29 is 23.2 Å². The van der Waals surface area contributed by atoms with Crippen LogP contribution in [0, 0.1) is 12.7 Å². The van der Waals surface area contributed by atoms with E-state index in [0.29, 0.717) is 43.7 Å². The van der Waals surface area contributed by atoms with Crippen LogP contribution in [0.25, 0.3) is 21.6 Å². The van der Waals surface area contributed by atoms with Gasteiger partial charge in [-0.1, -0.05) is 5.16 Å². The normalized spacial score (nSPS) is 12.2. The molecule has 0 saturated heterocycles. The SMILES string of the molecule is COCc1nc(OC)c2c(C)c(C(=O)NC(C)c3nc(-c4ccc(F)cc4)no3)sc2n1. The van der Waals surface area contributed by atoms with Gasteiger partial charge in [0.15, 0.2) is 5.82 Å². The second-order valence-electron chi connectivity index (χ2n) is 6.98. The minimum Gasteiger partial charge on any atom is -0.480 e. The van der Waals surface area contributed by atoms with Crippen molar-refractivity contribution in [2.24, 2.45) is 0 Å². The second kappa shape index (κ2) is 8.97. The van der Waals surface area contributed by atoms with Crippen LogP contribution in [0.15, 0.2) is 28.8 Å². The number of ether oxygens (including phenoxy) is 2. The number of hydrogen-bond donors (Lipinski definition) is 1. The summed E-state index contributed by atoms with van der Waals surface area (Å²) in [5.74, 6) is 0.740. The van der Waals surface area contributed by atoms with Crippen molar-refractivity contribution in [3.8, 4) is 17.3 Å². The number of methoxy groups -OCH3 is 2. The van der Waals surface area contributed by atoms with Crippen LogP contribution in [-0.2, 0) is 11.3 Å². The molecular formula is C21H20FN5O4S. The van der Waals surface area contributed by atoms with Crippen LogP contribution in [0.5, 0.6) is 5.88 Å². The predicted octanol–water partition coefficient (Wildman–Crippen LogP) is 3.83. The number of fused-ring (bicyclic) bond motifs is 1. The third-order valence-electron chi connectivity index (χ3n) is 4.74. The molecule has 0 bridgehead atoms. The van der Waals surface area contributed by atoms with Crippen molar-refractivity contribution in [1.29, 1.82) is 0 Å². The van der Waals surface area contributed by atoms with Gasteiger partial charge in [0.1, 0.15) is 23.3 Å². The molecule has 9 nitrogen and oxygen atoms in total. The molecule has 1 N–H and O–H groups in total. The maximum Gasteiger partial charge on any atom is 0.262 e. The van der Waals surface area contributed by atoms with Gasteiger partial charge in [0.2, 0.25) is 17.6 Å². The summed E-state index contributed by atoms with van der Waals surface area (Å²) in [6, 6.07) is 5.19. The van der Waals surface area contributed by atoms with Gasteiger partial charge in [-0.05, 0) is 43.7 Å². The van der Waals surface area contributed by atoms with Gasteiger partial charge in [0, 0.05) is 12.7 Å². The number of hydrogen-bond acceptors (Lipinski definition) is 9. The lowest BCUT2D eigenvalue weighted by Crippen LogP contribution is -2.26. The predicted molar refractivity (Wildman–Crippen MR) is 115 cm³/mol. The Morgan fingerprint density at radius 2 is 1.97 bits per heavy atom. The largest absolute Gasteiger partial charge is 0.480 e. The van der Waals surface area contributed by atoms with Gasteiger partial charge >= 0.3 is 0 Å². The van der Waals surface area contributed by atoms with Crippen LogP contribution >= 0.6 is 11.3 Å². The zero-order valence-electron chi connectivity index (χ0n) is 17.8. The maximum atomic E-state index is 13.1. The molecule has 1 aromatic carbocycles. The molecule has 0 radical (unpaired) electrons. The topological polar surface area (TPSA) is 112 Å². The lowest BCUT2D eigenvalue weighted by Gasteiger charge is -2.09. The highest BCUT2D eigenvalue weighted by Gasteiger charge is 2.24. The van der Waals surface area contributed by atoms with Crippen LogP contribution < -0.4 is 10.1 Å². The first-order chi connectivity index (χ1) is 15.4. The van der Waals surface area contributed by atoms with Crippen LogP contribution in [0.3, 0.4) is 0 Å². The Morgan fingerprint density at radius 1 is 1.22 bits per heavy atom. The summed E-state index contributed by atoms with van der Waals surface area (Å²) in [5, 5.41) is 7.47. The Hall–Kier alpha value is -3.44. The standard InChI is InChI=1S/C21H20FN5O4S/c1-10-15-20(30-4)24-14(9-29-3)25-21(15)32-16(10)18(28)23-11(2)19-26-17(27-31-19)12-5-7-13(22)8-6-12/h5-8,11H,9H2,1-4H3,(H,23,28). The van der Waals surface area contributed by atoms with Crippen LogP contribution in [0.1, 0.15) is 39.9 Å². The number of carbonyl (C=O) groups excluding carboxylic acids is 1. The van der Waals surface area contributed by atoms with E-state index in [1.807, 2.05) is 6.92 Å². The van der Waals surface area contributed by atoms with E-state index in [1.165, 1.54) is 30.6 Å². The molecule has 32 heavy (non-hydrogen) atoms. The number of aromatic nitrogens is 4. The van der Waals surface area contributed by atoms with Gasteiger partial charge in [-0.15, -0.1) is 11.3 Å². The highest BCUT2D eigenvalue weighted by Crippen LogP contribution is 2.35. The van der Waals surface area contributed by atoms with Crippen molar-refractivity contribution in [1.82, 2.24) is 25.4 Å². The molecular weight excluding hydrogens is 437 g/mol. The first-order valence-electron chi connectivity index (χ1n) is 9.64. The van der Waals surface area contributed by atoms with Gasteiger partial charge in [-0.3, -0.25) is 4.79 Å². The number of halogens is 1. The molecule has 4 rings (SSSR count). The summed E-state index contributed by atoms with van der Waals surface area (Å²) < 4.78 is 28.9. The van der Waals surface area contributed by atoms with Crippen molar-refractivity contribution in [2.45, 2.75) is 26.5 Å². The Kier molecular flexibility index (Phi) is 6.10. The molecule has 0 aliphatic carbocycles. The molecule has 4 aromatic rings. The Bertz CT molecular complexity index is 1270. The number of nitrogens with zero attached hydrogens (tertiary/aromatic N) is 4. The van der Waals surface area contributed by atoms with E-state index < -0.39 is 6.04 Å². The zero-order valence-corrected chi connectivity index (χ0v) is 18.6. The number of nitrogens with one attached hydrogen (secondary N) is 1. The molecule has 3 heterocycles. The summed E-state index contributed by atoms with van der Waals surface area (Å²) in [6.45, 7) is 3.79. The highest BCUT2D eigenvalue weighted by atomic mass is 32.1. The molecule has 1 unspecified atom stereocenters. The number of amides is 1. The van der Waals surface area contributed by atoms with E-state index in [1.54, 1.807) is 26.2 Å². The lowest BCUT2D eigenvalue weighted by atomic mass is 10.2. The summed E-state index contributed by atoms with van der Waals surface area (Å²) in [6.07, 6.45) is 0. The first kappa shape index (κ1) is 21.8. The zero-order chi connectivity index (χ0) is 22.8. The van der Waals surface area contributed by atoms with E-state index in [-0.39, 0.29) is 24.2 Å². The van der Waals surface area contributed by atoms with E-state index in [4.69, 9.17) is 14.0 Å². The van der Waals surface area contributed by atoms with Gasteiger partial charge in [-0.25, -0.2) is 9.37 Å². The second-order valence-corrected chi connectivity index (χ2v) is 7.98. The summed E-state index contributed by atoms with van der Waals surface area (Å²) in [5.41, 5.74) is 1.32. The van der Waals surface area contributed by atoms with Gasteiger partial charge in [-0.2, -0.15) is 9.97 Å². The first-order valence-corrected chi connectivity index (χ1v) is 10.5. The molecule has 0 spiro atoms. The Balaban J connectivity index is 1.57. The number of carbonyl (C=O) groups is 1. The number of thiophene rings is 1. The molecule has 1 amide bonds. The fourth-order valence-electron chi connectivity index (χ4n) is 3.15. The summed E-state index contributed by atoms with van der Waals surface area (Å²) in [4.78, 5) is 27.2. The third-order valence-corrected chi connectivity index (χ3v) is 5.92. The van der Waals surface area contributed by atoms with E-state index in [2.05, 4.69) is 25.4 Å². The molecule has 0 aliphatic rings. The van der Waals surface area contributed by atoms with E-state index in [9.17, 15) is 9.18 Å². The van der Waals surface area contributed by atoms with Crippen LogP contribution in [0.2, 0.25) is 0 Å². The quantitative estimate of drug-likeness (QED) is 0.446. The minimum absolute atomic E-state index is 0.232. The maximum absolute atomic E-state index is 13.1. The van der Waals surface area contributed by atoms with Crippen molar-refractivity contribution >= 4 is 27.5 Å². The number of aryl methyl sites for hydroxylation is 1. The van der Waals surface area contributed by atoms with E-state index >= 15 is 0 Å². The van der Waals surface area contributed by atoms with Gasteiger partial charge < -0.3 is 19.3 Å². The third kappa shape index (κ3) is 4.16. The monoisotopic (exact) mass is 457 g/mol. The van der Waals surface area contributed by atoms with Crippen molar-refractivity contribution in [3.05, 3.63) is 52.2 Å². The van der Waals surface area contributed by atoms with Gasteiger partial charge in [0.05, 0.1) is 17.4 Å². The van der Waals surface area contributed by atoms with Crippen molar-refractivity contribution in [2.75, 3.05) is 14.2 Å². The minimum atomic E-state index is -0.550. The average Bonchev–Trinajstić information content (AvgIpc) is 3.39. The van der Waals surface area contributed by atoms with Gasteiger partial charge in [0.25, 0.3) is 5.91 Å². The fourth-order valence-corrected chi connectivity index (χ4v) is 4.25. The Labute approximate surface area is 186 Å². The molecule has 0 fully saturated rings. The van der Waals surface area contributed by atoms with Crippen molar-refractivity contribution in [3.63, 3.8) is 0 Å². The molecule has 0 aliphatic heterocycles. The number of benzene rings is 1. The molecule has 0 saturated carbocycles. The van der Waals surface area contributed by atoms with E-state index in [0.717, 1.165) is 0 Å². The average molecular weight is 457 g/mol. The number of rotatable bonds is 7. The van der Waals surface area contributed by atoms with Crippen LogP contribution in [0.4, 0.5) is 4.39 Å². The lowest BCUT2D eigenvalue weighted by molar-refractivity contribution is 0.0936. The smallest absolute Gasteiger partial charge is 0.262 e. The summed E-state index contributed by atoms with van der Waals surface area (Å²) in [7, 11) is 3.07. The summed E-state index contributed by atoms with van der Waals surface area (Å²) >= 11 is 1.24. The molecule has 3 aromatic heterocycles. The molecule has 166 valence electrons.